The number of fused-ring (bicyclic) bond motifs is 1. The van der Waals surface area contributed by atoms with Crippen LogP contribution >= 0.6 is 0 Å². The Morgan fingerprint density at radius 3 is 2.59 bits per heavy atom. The highest BCUT2D eigenvalue weighted by molar-refractivity contribution is 7.69. The lowest BCUT2D eigenvalue weighted by Gasteiger charge is -2.16. The van der Waals surface area contributed by atoms with Gasteiger partial charge in [-0.2, -0.15) is 4.31 Å². The molecule has 0 saturated heterocycles. The zero-order chi connectivity index (χ0) is 22.8. The summed E-state index contributed by atoms with van der Waals surface area (Å²) in [6.07, 6.45) is 3.40. The van der Waals surface area contributed by atoms with Crippen LogP contribution in [0.1, 0.15) is 58.8 Å². The van der Waals surface area contributed by atoms with Gasteiger partial charge in [-0.05, 0) is 43.7 Å². The summed E-state index contributed by atoms with van der Waals surface area (Å²) >= 11 is 0. The molecule has 1 N–H and O–H groups in total. The van der Waals surface area contributed by atoms with E-state index in [2.05, 4.69) is 12.2 Å². The van der Waals surface area contributed by atoms with Gasteiger partial charge in [-0.25, -0.2) is 13.4 Å². The van der Waals surface area contributed by atoms with E-state index in [-0.39, 0.29) is 12.5 Å². The van der Waals surface area contributed by atoms with Gasteiger partial charge < -0.3 is 9.73 Å². The number of nitrogens with one attached hydrogen (secondary N) is 1. The first-order valence-electron chi connectivity index (χ1n) is 10.9. The molecule has 1 saturated carbocycles. The molecule has 1 radical (unpaired) electrons. The lowest BCUT2D eigenvalue weighted by molar-refractivity contribution is 0.0964. The van der Waals surface area contributed by atoms with Gasteiger partial charge in [0.25, 0.3) is 5.91 Å². The lowest BCUT2D eigenvalue weighted by atomic mass is 10.0. The van der Waals surface area contributed by atoms with E-state index in [0.29, 0.717) is 53.4 Å². The van der Waals surface area contributed by atoms with Gasteiger partial charge in [-0.3, -0.25) is 4.79 Å². The fraction of sp³-hybridized carbons (Fsp3) is 0.375. The largest absolute Gasteiger partial charge is 0.437 e. The number of rotatable bonds is 9. The molecule has 8 heteroatoms. The summed E-state index contributed by atoms with van der Waals surface area (Å²) in [5.74, 6) is 0.557. The molecule has 0 atom stereocenters. The highest BCUT2D eigenvalue weighted by Gasteiger charge is 2.31. The van der Waals surface area contributed by atoms with Crippen LogP contribution in [0.2, 0.25) is 0 Å². The summed E-state index contributed by atoms with van der Waals surface area (Å²) in [7, 11) is -1.14. The molecule has 0 aliphatic heterocycles. The molecule has 4 rings (SSSR count). The molecule has 3 aromatic rings. The van der Waals surface area contributed by atoms with Crippen LogP contribution in [0, 0.1) is 13.8 Å². The molecule has 0 unspecified atom stereocenters. The van der Waals surface area contributed by atoms with Gasteiger partial charge in [-0.1, -0.05) is 43.2 Å². The molecular formula is C24H28N3O4S. The topological polar surface area (TPSA) is 92.5 Å². The Bertz CT molecular complexity index is 1200. The number of nitrogens with zero attached hydrogens (tertiary/aromatic N) is 2. The minimum absolute atomic E-state index is 0.191. The summed E-state index contributed by atoms with van der Waals surface area (Å²) in [5, 5.41) is 3.36. The lowest BCUT2D eigenvalue weighted by Crippen LogP contribution is -2.24. The normalized spacial score (nSPS) is 13.9. The highest BCUT2D eigenvalue weighted by Crippen LogP contribution is 2.44. The van der Waals surface area contributed by atoms with Crippen molar-refractivity contribution in [3.63, 3.8) is 0 Å². The van der Waals surface area contributed by atoms with Crippen LogP contribution < -0.4 is 5.32 Å². The van der Waals surface area contributed by atoms with Crippen molar-refractivity contribution in [3.8, 4) is 11.3 Å². The fourth-order valence-electron chi connectivity index (χ4n) is 3.89. The molecule has 0 bridgehead atoms. The monoisotopic (exact) mass is 454 g/mol. The van der Waals surface area contributed by atoms with Crippen molar-refractivity contribution in [1.82, 2.24) is 14.6 Å². The summed E-state index contributed by atoms with van der Waals surface area (Å²) in [4.78, 5) is 17.6. The van der Waals surface area contributed by atoms with Gasteiger partial charge >= 0.3 is 0 Å². The maximum Gasteiger partial charge on any atom is 0.255 e. The molecule has 2 heterocycles. The van der Waals surface area contributed by atoms with E-state index >= 15 is 0 Å². The number of furan rings is 1. The Morgan fingerprint density at radius 1 is 1.28 bits per heavy atom. The molecule has 1 fully saturated rings. The molecular weight excluding hydrogens is 426 g/mol. The van der Waals surface area contributed by atoms with E-state index < -0.39 is 10.9 Å². The number of hydrogen-bond donors (Lipinski definition) is 2. The molecule has 1 aliphatic carbocycles. The Balaban J connectivity index is 1.86. The van der Waals surface area contributed by atoms with Crippen LogP contribution in [-0.2, 0) is 17.4 Å². The molecule has 7 nitrogen and oxygen atoms in total. The van der Waals surface area contributed by atoms with Gasteiger partial charge in [0.2, 0.25) is 16.6 Å². The Labute approximate surface area is 189 Å². The van der Waals surface area contributed by atoms with Crippen LogP contribution in [0.3, 0.4) is 0 Å². The van der Waals surface area contributed by atoms with E-state index in [1.807, 2.05) is 37.3 Å². The first-order valence-corrected chi connectivity index (χ1v) is 12.0. The third kappa shape index (κ3) is 4.56. The molecule has 1 aromatic carbocycles. The number of carbonyl (C=O) groups is 1. The van der Waals surface area contributed by atoms with Crippen LogP contribution in [0.15, 0.2) is 34.7 Å². The predicted octanol–water partition coefficient (Wildman–Crippen LogP) is 3.98. The van der Waals surface area contributed by atoms with Crippen molar-refractivity contribution in [2.45, 2.75) is 45.1 Å². The number of aromatic nitrogens is 1. The Hall–Kier alpha value is -2.71. The highest BCUT2D eigenvalue weighted by atomic mass is 32.2. The van der Waals surface area contributed by atoms with Gasteiger partial charge in [-0.15, -0.1) is 0 Å². The molecule has 1 aliphatic rings. The standard InChI is InChI=1S/C24H28N3O4S/c1-4-5-12-27(32(29)30)14-20-18(16-10-11-16)13-19-21(23(28)25-3)22(31-24(19)26-20)17-8-6-15(2)7-9-17/h6-9,13,16,32H,1,4-5,10-12,14H2,2-3H3,(H,25,28). The second-order valence-corrected chi connectivity index (χ2v) is 9.28. The summed E-state index contributed by atoms with van der Waals surface area (Å²) in [6.45, 7) is 6.39. The summed E-state index contributed by atoms with van der Waals surface area (Å²) < 4.78 is 31.1. The third-order valence-electron chi connectivity index (χ3n) is 5.81. The van der Waals surface area contributed by atoms with Gasteiger partial charge in [0.05, 0.1) is 23.2 Å². The second-order valence-electron chi connectivity index (χ2n) is 8.24. The number of carbonyl (C=O) groups excluding carboxylic acids is 1. The molecule has 169 valence electrons. The predicted molar refractivity (Wildman–Crippen MR) is 125 cm³/mol. The van der Waals surface area contributed by atoms with Crippen LogP contribution in [0.25, 0.3) is 22.4 Å². The molecule has 32 heavy (non-hydrogen) atoms. The number of aryl methyl sites for hydroxylation is 1. The maximum absolute atomic E-state index is 12.8. The minimum Gasteiger partial charge on any atom is -0.437 e. The number of hydrogen-bond acceptors (Lipinski definition) is 5. The van der Waals surface area contributed by atoms with Crippen molar-refractivity contribution in [3.05, 3.63) is 59.6 Å². The third-order valence-corrected chi connectivity index (χ3v) is 6.61. The van der Waals surface area contributed by atoms with E-state index in [4.69, 9.17) is 9.40 Å². The maximum atomic E-state index is 12.8. The van der Waals surface area contributed by atoms with Crippen molar-refractivity contribution in [2.75, 3.05) is 13.6 Å². The van der Waals surface area contributed by atoms with E-state index in [0.717, 1.165) is 29.5 Å². The van der Waals surface area contributed by atoms with E-state index in [1.54, 1.807) is 7.05 Å². The zero-order valence-electron chi connectivity index (χ0n) is 18.4. The van der Waals surface area contributed by atoms with E-state index in [9.17, 15) is 13.2 Å². The van der Waals surface area contributed by atoms with Crippen molar-refractivity contribution in [2.24, 2.45) is 0 Å². The molecule has 1 amide bonds. The quantitative estimate of drug-likeness (QED) is 0.477. The first kappa shape index (κ1) is 22.5. The van der Waals surface area contributed by atoms with Crippen LogP contribution in [0.5, 0.6) is 0 Å². The fourth-order valence-corrected chi connectivity index (χ4v) is 4.45. The smallest absolute Gasteiger partial charge is 0.255 e. The number of unbranched alkanes of at least 4 members (excludes halogenated alkanes) is 1. The average Bonchev–Trinajstić information content (AvgIpc) is 3.56. The summed E-state index contributed by atoms with van der Waals surface area (Å²) in [6, 6.07) is 9.75. The Morgan fingerprint density at radius 2 is 2.00 bits per heavy atom. The Kier molecular flexibility index (Phi) is 6.62. The van der Waals surface area contributed by atoms with Crippen molar-refractivity contribution < 1.29 is 17.6 Å². The minimum atomic E-state index is -2.74. The SMILES string of the molecule is [CH2]CCCN(Cc1nc2oc(-c3ccc(C)cc3)c(C(=O)NC)c2cc1C1CC1)[SH](=O)=O. The molecule has 2 aromatic heterocycles. The zero-order valence-corrected chi connectivity index (χ0v) is 19.3. The van der Waals surface area contributed by atoms with Crippen LogP contribution in [0.4, 0.5) is 0 Å². The van der Waals surface area contributed by atoms with Crippen LogP contribution in [-0.4, -0.2) is 37.2 Å². The number of thiol groups is 1. The van der Waals surface area contributed by atoms with E-state index in [1.165, 1.54) is 4.31 Å². The second kappa shape index (κ2) is 9.42. The number of benzene rings is 1. The van der Waals surface area contributed by atoms with Crippen molar-refractivity contribution in [1.29, 1.82) is 0 Å². The van der Waals surface area contributed by atoms with Crippen molar-refractivity contribution >= 4 is 27.9 Å². The first-order chi connectivity index (χ1) is 15.4. The molecule has 0 spiro atoms. The average molecular weight is 455 g/mol. The van der Waals surface area contributed by atoms with Gasteiger partial charge in [0.1, 0.15) is 5.76 Å². The number of pyridine rings is 1. The van der Waals surface area contributed by atoms with Gasteiger partial charge in [0, 0.05) is 19.2 Å². The van der Waals surface area contributed by atoms with Gasteiger partial charge in [0.15, 0.2) is 0 Å². The number of amides is 1. The summed E-state index contributed by atoms with van der Waals surface area (Å²) in [5.41, 5.74) is 4.39.